The molecule has 7 nitrogen and oxygen atoms in total. The van der Waals surface area contributed by atoms with E-state index in [-0.39, 0.29) is 37.6 Å². The highest BCUT2D eigenvalue weighted by molar-refractivity contribution is 6.33. The first kappa shape index (κ1) is 25.0. The number of benzene rings is 2. The number of carbonyl (C=O) groups is 2. The second kappa shape index (κ2) is 11.1. The Kier molecular flexibility index (Phi) is 7.90. The van der Waals surface area contributed by atoms with Crippen molar-refractivity contribution in [2.24, 2.45) is 12.1 Å². The van der Waals surface area contributed by atoms with Crippen LogP contribution in [0.1, 0.15) is 34.1 Å². The number of amides is 2. The van der Waals surface area contributed by atoms with Crippen molar-refractivity contribution in [1.82, 2.24) is 14.5 Å². The molecule has 0 fully saturated rings. The van der Waals surface area contributed by atoms with Crippen molar-refractivity contribution >= 4 is 40.7 Å². The smallest absolute Gasteiger partial charge is 0.262 e. The Morgan fingerprint density at radius 2 is 1.83 bits per heavy atom. The molecule has 2 amide bonds. The highest BCUT2D eigenvalue weighted by atomic mass is 35.5. The van der Waals surface area contributed by atoms with Gasteiger partial charge in [0.05, 0.1) is 34.6 Å². The number of hydrazone groups is 1. The van der Waals surface area contributed by atoms with Crippen LogP contribution < -0.4 is 0 Å². The molecule has 1 aromatic heterocycles. The van der Waals surface area contributed by atoms with Gasteiger partial charge in [-0.15, -0.1) is 0 Å². The second-order valence-electron chi connectivity index (χ2n) is 8.26. The van der Waals surface area contributed by atoms with E-state index in [9.17, 15) is 9.59 Å². The predicted octanol–water partition coefficient (Wildman–Crippen LogP) is 4.80. The quantitative estimate of drug-likeness (QED) is 0.435. The summed E-state index contributed by atoms with van der Waals surface area (Å²) < 4.78 is 7.15. The molecule has 0 aliphatic carbocycles. The Morgan fingerprint density at radius 3 is 2.49 bits per heavy atom. The Morgan fingerprint density at radius 1 is 1.09 bits per heavy atom. The second-order valence-corrected chi connectivity index (χ2v) is 9.10. The van der Waals surface area contributed by atoms with Crippen LogP contribution in [-0.4, -0.2) is 58.8 Å². The molecule has 1 atom stereocenters. The summed E-state index contributed by atoms with van der Waals surface area (Å²) in [5.74, 6) is -0.638. The number of methoxy groups -OCH3 is 1. The largest absolute Gasteiger partial charge is 0.383 e. The molecule has 1 aliphatic heterocycles. The summed E-state index contributed by atoms with van der Waals surface area (Å²) in [5, 5.41) is 7.13. The van der Waals surface area contributed by atoms with Gasteiger partial charge in [0.1, 0.15) is 6.54 Å². The molecular formula is C26H26Cl2N4O3. The van der Waals surface area contributed by atoms with E-state index in [1.54, 1.807) is 43.5 Å². The summed E-state index contributed by atoms with van der Waals surface area (Å²) in [4.78, 5) is 28.3. The summed E-state index contributed by atoms with van der Waals surface area (Å²) >= 11 is 12.4. The summed E-state index contributed by atoms with van der Waals surface area (Å²) in [6.07, 6.45) is 2.48. The molecule has 0 N–H and O–H groups in total. The molecule has 0 bridgehead atoms. The fourth-order valence-corrected chi connectivity index (χ4v) is 4.44. The zero-order valence-corrected chi connectivity index (χ0v) is 21.0. The van der Waals surface area contributed by atoms with E-state index >= 15 is 0 Å². The van der Waals surface area contributed by atoms with Gasteiger partial charge in [0.2, 0.25) is 0 Å². The molecule has 0 spiro atoms. The lowest BCUT2D eigenvalue weighted by molar-refractivity contribution is -0.133. The maximum atomic E-state index is 13.6. The molecule has 9 heteroatoms. The van der Waals surface area contributed by atoms with E-state index in [1.807, 2.05) is 42.1 Å². The molecule has 2 aromatic carbocycles. The van der Waals surface area contributed by atoms with E-state index in [0.717, 1.165) is 17.0 Å². The number of ether oxygens (including phenoxy) is 1. The fraction of sp³-hybridized carbons (Fsp3) is 0.269. The van der Waals surface area contributed by atoms with Gasteiger partial charge in [-0.1, -0.05) is 47.5 Å². The van der Waals surface area contributed by atoms with Gasteiger partial charge in [-0.25, -0.2) is 5.01 Å². The Hall–Kier alpha value is -3.13. The van der Waals surface area contributed by atoms with Crippen molar-refractivity contribution in [2.75, 3.05) is 26.8 Å². The number of halogens is 2. The van der Waals surface area contributed by atoms with E-state index in [4.69, 9.17) is 33.0 Å². The standard InChI is InChI=1S/C26H26Cl2N4O3/c1-30-13-5-8-23(30)22-16-24(18-9-11-19(27)12-10-18)32(29-22)25(33)17-31(14-15-35-2)26(34)20-6-3-4-7-21(20)28/h3-13,24H,14-17H2,1-2H3. The van der Waals surface area contributed by atoms with Crippen molar-refractivity contribution in [3.63, 3.8) is 0 Å². The number of carbonyl (C=O) groups excluding carboxylic acids is 2. The van der Waals surface area contributed by atoms with E-state index in [1.165, 1.54) is 9.91 Å². The lowest BCUT2D eigenvalue weighted by Gasteiger charge is -2.27. The molecule has 0 saturated carbocycles. The van der Waals surface area contributed by atoms with Gasteiger partial charge < -0.3 is 14.2 Å². The molecule has 0 saturated heterocycles. The summed E-state index contributed by atoms with van der Waals surface area (Å²) in [6.45, 7) is 0.351. The third-order valence-corrected chi connectivity index (χ3v) is 6.52. The van der Waals surface area contributed by atoms with Crippen molar-refractivity contribution in [2.45, 2.75) is 12.5 Å². The lowest BCUT2D eigenvalue weighted by atomic mass is 10.0. The Balaban J connectivity index is 1.63. The minimum atomic E-state index is -0.338. The van der Waals surface area contributed by atoms with Crippen LogP contribution in [0.3, 0.4) is 0 Å². The zero-order valence-electron chi connectivity index (χ0n) is 19.5. The van der Waals surface area contributed by atoms with Gasteiger partial charge >= 0.3 is 0 Å². The summed E-state index contributed by atoms with van der Waals surface area (Å²) in [5.41, 5.74) is 2.98. The number of rotatable bonds is 8. The van der Waals surface area contributed by atoms with Crippen molar-refractivity contribution < 1.29 is 14.3 Å². The molecule has 1 unspecified atom stereocenters. The first-order valence-corrected chi connectivity index (χ1v) is 11.9. The van der Waals surface area contributed by atoms with Crippen LogP contribution >= 0.6 is 23.2 Å². The number of aryl methyl sites for hydroxylation is 1. The molecule has 35 heavy (non-hydrogen) atoms. The van der Waals surface area contributed by atoms with Gasteiger partial charge in [0.25, 0.3) is 11.8 Å². The third-order valence-electron chi connectivity index (χ3n) is 5.94. The third kappa shape index (κ3) is 5.59. The fourth-order valence-electron chi connectivity index (χ4n) is 4.10. The summed E-state index contributed by atoms with van der Waals surface area (Å²) in [6, 6.07) is 17.8. The first-order valence-electron chi connectivity index (χ1n) is 11.2. The molecule has 0 radical (unpaired) electrons. The van der Waals surface area contributed by atoms with Crippen LogP contribution in [0.25, 0.3) is 0 Å². The van der Waals surface area contributed by atoms with Crippen LogP contribution in [0.2, 0.25) is 10.0 Å². The maximum absolute atomic E-state index is 13.6. The highest BCUT2D eigenvalue weighted by Crippen LogP contribution is 2.33. The number of aromatic nitrogens is 1. The van der Waals surface area contributed by atoms with Gasteiger partial charge in [0.15, 0.2) is 0 Å². The lowest BCUT2D eigenvalue weighted by Crippen LogP contribution is -2.42. The number of hydrogen-bond donors (Lipinski definition) is 0. The number of nitrogens with zero attached hydrogens (tertiary/aromatic N) is 4. The van der Waals surface area contributed by atoms with Crippen LogP contribution in [0.15, 0.2) is 72.0 Å². The number of hydrogen-bond acceptors (Lipinski definition) is 4. The Bertz CT molecular complexity index is 1240. The van der Waals surface area contributed by atoms with Gasteiger partial charge in [-0.2, -0.15) is 5.10 Å². The molecule has 182 valence electrons. The van der Waals surface area contributed by atoms with Crippen LogP contribution in [0, 0.1) is 0 Å². The van der Waals surface area contributed by atoms with Crippen LogP contribution in [-0.2, 0) is 16.6 Å². The minimum Gasteiger partial charge on any atom is -0.383 e. The molecular weight excluding hydrogens is 487 g/mol. The van der Waals surface area contributed by atoms with Gasteiger partial charge in [-0.05, 0) is 42.0 Å². The SMILES string of the molecule is COCCN(CC(=O)N1N=C(c2cccn2C)CC1c1ccc(Cl)cc1)C(=O)c1ccccc1Cl. The maximum Gasteiger partial charge on any atom is 0.262 e. The molecule has 3 aromatic rings. The van der Waals surface area contributed by atoms with Crippen molar-refractivity contribution in [3.8, 4) is 0 Å². The normalized spacial score (nSPS) is 15.3. The monoisotopic (exact) mass is 512 g/mol. The van der Waals surface area contributed by atoms with Gasteiger partial charge in [0, 0.05) is 38.3 Å². The van der Waals surface area contributed by atoms with Gasteiger partial charge in [-0.3, -0.25) is 9.59 Å². The van der Waals surface area contributed by atoms with Crippen LogP contribution in [0.5, 0.6) is 0 Å². The zero-order chi connectivity index (χ0) is 24.9. The molecule has 2 heterocycles. The molecule has 4 rings (SSSR count). The average molecular weight is 513 g/mol. The van der Waals surface area contributed by atoms with E-state index in [2.05, 4.69) is 0 Å². The average Bonchev–Trinajstić information content (AvgIpc) is 3.48. The molecule has 1 aliphatic rings. The summed E-state index contributed by atoms with van der Waals surface area (Å²) in [7, 11) is 3.49. The Labute approximate surface area is 214 Å². The predicted molar refractivity (Wildman–Crippen MR) is 137 cm³/mol. The van der Waals surface area contributed by atoms with E-state index < -0.39 is 0 Å². The minimum absolute atomic E-state index is 0.165. The topological polar surface area (TPSA) is 67.1 Å². The highest BCUT2D eigenvalue weighted by Gasteiger charge is 2.35. The van der Waals surface area contributed by atoms with E-state index in [0.29, 0.717) is 22.0 Å². The van der Waals surface area contributed by atoms with Crippen molar-refractivity contribution in [3.05, 3.63) is 93.7 Å². The van der Waals surface area contributed by atoms with Crippen LogP contribution in [0.4, 0.5) is 0 Å². The van der Waals surface area contributed by atoms with Crippen molar-refractivity contribution in [1.29, 1.82) is 0 Å². The first-order chi connectivity index (χ1) is 16.9.